The Balaban J connectivity index is 1.36. The zero-order valence-electron chi connectivity index (χ0n) is 19.9. The number of hydrogen-bond acceptors (Lipinski definition) is 7. The summed E-state index contributed by atoms with van der Waals surface area (Å²) in [5, 5.41) is 3.52. The van der Waals surface area contributed by atoms with E-state index < -0.39 is 0 Å². The first-order chi connectivity index (χ1) is 17.3. The van der Waals surface area contributed by atoms with Crippen LogP contribution in [-0.2, 0) is 11.3 Å². The molecule has 0 amide bonds. The quantitative estimate of drug-likeness (QED) is 0.433. The van der Waals surface area contributed by atoms with E-state index in [1.807, 2.05) is 18.6 Å². The highest BCUT2D eigenvalue weighted by Gasteiger charge is 2.21. The van der Waals surface area contributed by atoms with E-state index in [4.69, 9.17) is 24.7 Å². The summed E-state index contributed by atoms with van der Waals surface area (Å²) in [7, 11) is 0. The second-order valence-corrected chi connectivity index (χ2v) is 9.36. The molecule has 180 valence electrons. The Labute approximate surface area is 205 Å². The van der Waals surface area contributed by atoms with Crippen molar-refractivity contribution in [3.63, 3.8) is 0 Å². The van der Waals surface area contributed by atoms with Crippen LogP contribution in [0.2, 0.25) is 0 Å². The number of nitrogens with zero attached hydrogens (tertiary/aromatic N) is 6. The molecule has 0 bridgehead atoms. The van der Waals surface area contributed by atoms with Gasteiger partial charge in [-0.3, -0.25) is 0 Å². The maximum Gasteiger partial charge on any atom is 0.166 e. The third kappa shape index (κ3) is 4.71. The summed E-state index contributed by atoms with van der Waals surface area (Å²) in [6, 6.07) is 14.9. The van der Waals surface area contributed by atoms with Crippen molar-refractivity contribution in [1.82, 2.24) is 24.5 Å². The third-order valence-corrected chi connectivity index (χ3v) is 7.03. The van der Waals surface area contributed by atoms with Crippen molar-refractivity contribution in [1.29, 1.82) is 0 Å². The smallest absolute Gasteiger partial charge is 0.166 e. The molecule has 4 heterocycles. The number of nitrogens with one attached hydrogen (secondary N) is 1. The lowest BCUT2D eigenvalue weighted by atomic mass is 9.95. The molecule has 0 spiro atoms. The number of benzene rings is 1. The maximum absolute atomic E-state index is 5.47. The molecule has 3 aromatic heterocycles. The van der Waals surface area contributed by atoms with E-state index in [1.165, 1.54) is 37.7 Å². The van der Waals surface area contributed by atoms with Crippen molar-refractivity contribution in [2.45, 2.75) is 44.7 Å². The highest BCUT2D eigenvalue weighted by Crippen LogP contribution is 2.33. The minimum absolute atomic E-state index is 0.445. The Bertz CT molecular complexity index is 1260. The zero-order valence-corrected chi connectivity index (χ0v) is 19.9. The highest BCUT2D eigenvalue weighted by atomic mass is 16.5. The first-order valence-electron chi connectivity index (χ1n) is 12.7. The number of hydrogen-bond donors (Lipinski definition) is 1. The molecular formula is C27H31N7O. The second kappa shape index (κ2) is 10.00. The molecule has 1 saturated heterocycles. The molecule has 1 aromatic carbocycles. The van der Waals surface area contributed by atoms with Crippen molar-refractivity contribution in [3.05, 3.63) is 60.6 Å². The van der Waals surface area contributed by atoms with Crippen LogP contribution in [0.3, 0.4) is 0 Å². The highest BCUT2D eigenvalue weighted by molar-refractivity contribution is 5.85. The van der Waals surface area contributed by atoms with E-state index in [1.54, 1.807) is 0 Å². The van der Waals surface area contributed by atoms with E-state index in [0.717, 1.165) is 54.7 Å². The molecule has 0 atom stereocenters. The summed E-state index contributed by atoms with van der Waals surface area (Å²) in [4.78, 5) is 21.7. The normalized spacial score (nSPS) is 17.1. The van der Waals surface area contributed by atoms with E-state index in [0.29, 0.717) is 18.4 Å². The number of aromatic nitrogens is 5. The molecule has 1 aliphatic heterocycles. The number of fused-ring (bicyclic) bond motifs is 1. The van der Waals surface area contributed by atoms with Crippen LogP contribution < -0.4 is 10.2 Å². The zero-order chi connectivity index (χ0) is 23.5. The summed E-state index contributed by atoms with van der Waals surface area (Å²) in [6.07, 6.45) is 10.0. The maximum atomic E-state index is 5.47. The Morgan fingerprint density at radius 1 is 0.914 bits per heavy atom. The molecule has 35 heavy (non-hydrogen) atoms. The molecule has 8 heteroatoms. The van der Waals surface area contributed by atoms with Crippen LogP contribution in [-0.4, -0.2) is 50.8 Å². The molecule has 2 fully saturated rings. The molecule has 4 aromatic rings. The topological polar surface area (TPSA) is 81.0 Å². The molecule has 8 nitrogen and oxygen atoms in total. The average Bonchev–Trinajstić information content (AvgIpc) is 3.38. The minimum Gasteiger partial charge on any atom is -0.378 e. The van der Waals surface area contributed by atoms with E-state index >= 15 is 0 Å². The number of anilines is 2. The summed E-state index contributed by atoms with van der Waals surface area (Å²) in [5.74, 6) is 2.40. The van der Waals surface area contributed by atoms with Crippen LogP contribution in [0.25, 0.3) is 22.6 Å². The van der Waals surface area contributed by atoms with Gasteiger partial charge in [0.05, 0.1) is 19.5 Å². The van der Waals surface area contributed by atoms with E-state index in [9.17, 15) is 0 Å². The van der Waals surface area contributed by atoms with Gasteiger partial charge in [0.1, 0.15) is 11.3 Å². The first-order valence-corrected chi connectivity index (χ1v) is 12.7. The average molecular weight is 470 g/mol. The first kappa shape index (κ1) is 22.0. The fourth-order valence-electron chi connectivity index (χ4n) is 5.07. The van der Waals surface area contributed by atoms with Gasteiger partial charge in [-0.2, -0.15) is 0 Å². The Kier molecular flexibility index (Phi) is 6.28. The van der Waals surface area contributed by atoms with Crippen molar-refractivity contribution >= 4 is 22.8 Å². The fourth-order valence-corrected chi connectivity index (χ4v) is 5.07. The summed E-state index contributed by atoms with van der Waals surface area (Å²) in [6.45, 7) is 3.89. The lowest BCUT2D eigenvalue weighted by Crippen LogP contribution is -2.36. The molecule has 0 radical (unpaired) electrons. The van der Waals surface area contributed by atoms with Gasteiger partial charge < -0.3 is 19.5 Å². The number of morpholine rings is 1. The molecule has 1 N–H and O–H groups in total. The molecule has 6 rings (SSSR count). The van der Waals surface area contributed by atoms with Crippen LogP contribution in [0.4, 0.5) is 11.6 Å². The Hall–Kier alpha value is -3.52. The Morgan fingerprint density at radius 2 is 1.74 bits per heavy atom. The van der Waals surface area contributed by atoms with Gasteiger partial charge in [0.25, 0.3) is 0 Å². The summed E-state index contributed by atoms with van der Waals surface area (Å²) in [5.41, 5.74) is 3.83. The lowest BCUT2D eigenvalue weighted by Gasteiger charge is -2.27. The standard InChI is InChI=1S/C27H31N7O/c1-3-7-20(8-4-1)17-29-26-24-27(34(19-30-24)22-9-5-2-6-10-22)32-25(31-26)21-11-12-23(28-18-21)33-13-15-35-16-14-33/h1,3-4,7-8,11-12,18-19,22H,2,5-6,9-10,13-17H2,(H,29,31,32). The SMILES string of the molecule is c1ccc(CNc2nc(-c3ccc(N4CCOCC4)nc3)nc3c2ncn3C2CCCCC2)cc1. The van der Waals surface area contributed by atoms with Crippen molar-refractivity contribution in [2.24, 2.45) is 0 Å². The van der Waals surface area contributed by atoms with Gasteiger partial charge in [0, 0.05) is 37.4 Å². The van der Waals surface area contributed by atoms with Crippen LogP contribution >= 0.6 is 0 Å². The van der Waals surface area contributed by atoms with Crippen molar-refractivity contribution in [3.8, 4) is 11.4 Å². The summed E-state index contributed by atoms with van der Waals surface area (Å²) < 4.78 is 7.74. The van der Waals surface area contributed by atoms with E-state index in [-0.39, 0.29) is 0 Å². The molecule has 1 aliphatic carbocycles. The van der Waals surface area contributed by atoms with Gasteiger partial charge in [-0.05, 0) is 30.5 Å². The summed E-state index contributed by atoms with van der Waals surface area (Å²) >= 11 is 0. The monoisotopic (exact) mass is 469 g/mol. The number of rotatable bonds is 6. The van der Waals surface area contributed by atoms with Crippen LogP contribution in [0.5, 0.6) is 0 Å². The van der Waals surface area contributed by atoms with Crippen LogP contribution in [0, 0.1) is 0 Å². The molecule has 1 saturated carbocycles. The molecular weight excluding hydrogens is 438 g/mol. The van der Waals surface area contributed by atoms with Crippen LogP contribution in [0.15, 0.2) is 55.0 Å². The van der Waals surface area contributed by atoms with Gasteiger partial charge in [0.2, 0.25) is 0 Å². The van der Waals surface area contributed by atoms with E-state index in [2.05, 4.69) is 51.2 Å². The fraction of sp³-hybridized carbons (Fsp3) is 0.407. The van der Waals surface area contributed by atoms with Crippen molar-refractivity contribution in [2.75, 3.05) is 36.5 Å². The van der Waals surface area contributed by atoms with Gasteiger partial charge in [-0.25, -0.2) is 19.9 Å². The van der Waals surface area contributed by atoms with Gasteiger partial charge >= 0.3 is 0 Å². The third-order valence-electron chi connectivity index (χ3n) is 7.03. The van der Waals surface area contributed by atoms with Gasteiger partial charge in [-0.1, -0.05) is 49.6 Å². The molecule has 0 unspecified atom stereocenters. The predicted molar refractivity (Wildman–Crippen MR) is 137 cm³/mol. The van der Waals surface area contributed by atoms with Gasteiger partial charge in [0.15, 0.2) is 17.3 Å². The lowest BCUT2D eigenvalue weighted by molar-refractivity contribution is 0.122. The number of ether oxygens (including phenoxy) is 1. The minimum atomic E-state index is 0.445. The largest absolute Gasteiger partial charge is 0.378 e. The second-order valence-electron chi connectivity index (χ2n) is 9.36. The number of pyridine rings is 1. The Morgan fingerprint density at radius 3 is 2.51 bits per heavy atom. The number of imidazole rings is 1. The van der Waals surface area contributed by atoms with Crippen LogP contribution in [0.1, 0.15) is 43.7 Å². The van der Waals surface area contributed by atoms with Gasteiger partial charge in [-0.15, -0.1) is 0 Å². The van der Waals surface area contributed by atoms with Crippen molar-refractivity contribution < 1.29 is 4.74 Å². The predicted octanol–water partition coefficient (Wildman–Crippen LogP) is 4.84. The molecule has 2 aliphatic rings.